The summed E-state index contributed by atoms with van der Waals surface area (Å²) < 4.78 is 30.2. The van der Waals surface area contributed by atoms with Crippen molar-refractivity contribution in [2.24, 2.45) is 0 Å². The molecule has 0 radical (unpaired) electrons. The molecule has 0 bridgehead atoms. The van der Waals surface area contributed by atoms with E-state index in [0.717, 1.165) is 0 Å². The Bertz CT molecular complexity index is 429. The molecule has 0 aliphatic heterocycles. The smallest absolute Gasteiger partial charge is 0.310 e. The van der Waals surface area contributed by atoms with Gasteiger partial charge in [-0.2, -0.15) is 0 Å². The monoisotopic (exact) mass is 327 g/mol. The number of alkyl halides is 2. The highest BCUT2D eigenvalue weighted by Crippen LogP contribution is 2.34. The molecule has 0 spiro atoms. The lowest BCUT2D eigenvalue weighted by molar-refractivity contribution is -0.142. The molecule has 0 saturated heterocycles. The van der Waals surface area contributed by atoms with Crippen LogP contribution in [0.4, 0.5) is 8.78 Å². The molecule has 1 rings (SSSR count). The zero-order valence-electron chi connectivity index (χ0n) is 8.84. The molecule has 17 heavy (non-hydrogen) atoms. The van der Waals surface area contributed by atoms with Crippen molar-refractivity contribution in [3.8, 4) is 0 Å². The fourth-order valence-corrected chi connectivity index (χ4v) is 2.14. The molecule has 0 fully saturated rings. The molecule has 0 aromatic carbocycles. The Hall–Kier alpha value is -0.750. The van der Waals surface area contributed by atoms with Crippen LogP contribution in [-0.2, 0) is 16.0 Å². The highest BCUT2D eigenvalue weighted by atomic mass is 79.9. The number of aromatic nitrogens is 1. The zero-order chi connectivity index (χ0) is 13.0. The first-order valence-corrected chi connectivity index (χ1v) is 5.91. The number of ether oxygens (including phenoxy) is 1. The predicted octanol–water partition coefficient (Wildman–Crippen LogP) is 3.54. The van der Waals surface area contributed by atoms with Gasteiger partial charge in [0.2, 0.25) is 0 Å². The van der Waals surface area contributed by atoms with E-state index in [1.54, 1.807) is 6.92 Å². The standard InChI is InChI=1S/C10H9BrClF2NO2/c1-2-17-6(16)3-5-4-15-9(12)7(8(5)11)10(13)14/h4,10H,2-3H2,1H3. The largest absolute Gasteiger partial charge is 0.466 e. The second-order valence-corrected chi connectivity index (χ2v) is 4.24. The quantitative estimate of drug-likeness (QED) is 0.627. The van der Waals surface area contributed by atoms with Gasteiger partial charge in [-0.1, -0.05) is 11.6 Å². The molecule has 1 aromatic rings. The summed E-state index contributed by atoms with van der Waals surface area (Å²) in [5.74, 6) is -0.502. The van der Waals surface area contributed by atoms with Gasteiger partial charge < -0.3 is 4.74 Å². The lowest BCUT2D eigenvalue weighted by atomic mass is 10.1. The number of carbonyl (C=O) groups excluding carboxylic acids is 1. The van der Waals surface area contributed by atoms with Gasteiger partial charge in [0.25, 0.3) is 6.43 Å². The van der Waals surface area contributed by atoms with Crippen LogP contribution < -0.4 is 0 Å². The average molecular weight is 329 g/mol. The SMILES string of the molecule is CCOC(=O)Cc1cnc(Cl)c(C(F)F)c1Br. The van der Waals surface area contributed by atoms with Crippen molar-refractivity contribution in [3.05, 3.63) is 26.9 Å². The van der Waals surface area contributed by atoms with Gasteiger partial charge in [0, 0.05) is 10.7 Å². The Balaban J connectivity index is 3.02. The number of esters is 1. The predicted molar refractivity (Wildman–Crippen MR) is 62.2 cm³/mol. The van der Waals surface area contributed by atoms with Gasteiger partial charge >= 0.3 is 5.97 Å². The lowest BCUT2D eigenvalue weighted by Crippen LogP contribution is -2.09. The molecule has 3 nitrogen and oxygen atoms in total. The minimum absolute atomic E-state index is 0.0977. The van der Waals surface area contributed by atoms with E-state index >= 15 is 0 Å². The molecule has 1 heterocycles. The Morgan fingerprint density at radius 3 is 2.82 bits per heavy atom. The maximum absolute atomic E-state index is 12.7. The Morgan fingerprint density at radius 1 is 1.65 bits per heavy atom. The highest BCUT2D eigenvalue weighted by molar-refractivity contribution is 9.10. The topological polar surface area (TPSA) is 39.2 Å². The molecule has 0 aliphatic rings. The summed E-state index contributed by atoms with van der Waals surface area (Å²) in [7, 11) is 0. The third kappa shape index (κ3) is 3.61. The summed E-state index contributed by atoms with van der Waals surface area (Å²) in [6, 6.07) is 0. The van der Waals surface area contributed by atoms with E-state index in [9.17, 15) is 13.6 Å². The van der Waals surface area contributed by atoms with Crippen LogP contribution in [0.5, 0.6) is 0 Å². The normalized spacial score (nSPS) is 10.7. The van der Waals surface area contributed by atoms with E-state index in [0.29, 0.717) is 5.56 Å². The summed E-state index contributed by atoms with van der Waals surface area (Å²) in [5, 5.41) is -0.278. The molecule has 0 N–H and O–H groups in total. The highest BCUT2D eigenvalue weighted by Gasteiger charge is 2.21. The van der Waals surface area contributed by atoms with Crippen molar-refractivity contribution >= 4 is 33.5 Å². The number of halogens is 4. The van der Waals surface area contributed by atoms with Gasteiger partial charge in [-0.3, -0.25) is 4.79 Å². The van der Waals surface area contributed by atoms with Crippen LogP contribution in [0.25, 0.3) is 0 Å². The molecule has 94 valence electrons. The number of rotatable bonds is 4. The maximum Gasteiger partial charge on any atom is 0.310 e. The molecule has 0 aliphatic carbocycles. The number of pyridine rings is 1. The van der Waals surface area contributed by atoms with E-state index in [1.165, 1.54) is 6.20 Å². The number of hydrogen-bond acceptors (Lipinski definition) is 3. The van der Waals surface area contributed by atoms with Crippen LogP contribution in [0.15, 0.2) is 10.7 Å². The van der Waals surface area contributed by atoms with E-state index in [4.69, 9.17) is 16.3 Å². The van der Waals surface area contributed by atoms with E-state index in [1.807, 2.05) is 0 Å². The van der Waals surface area contributed by atoms with Crippen LogP contribution in [0.1, 0.15) is 24.5 Å². The third-order valence-corrected chi connectivity index (χ3v) is 3.17. The third-order valence-electron chi connectivity index (χ3n) is 1.93. The van der Waals surface area contributed by atoms with Crippen molar-refractivity contribution in [3.63, 3.8) is 0 Å². The average Bonchev–Trinajstić information content (AvgIpc) is 2.22. The van der Waals surface area contributed by atoms with Crippen molar-refractivity contribution < 1.29 is 18.3 Å². The summed E-state index contributed by atoms with van der Waals surface area (Å²) >= 11 is 8.56. The lowest BCUT2D eigenvalue weighted by Gasteiger charge is -2.10. The molecule has 7 heteroatoms. The molecular formula is C10H9BrClF2NO2. The van der Waals surface area contributed by atoms with Crippen molar-refractivity contribution in [1.82, 2.24) is 4.98 Å². The molecule has 0 atom stereocenters. The summed E-state index contributed by atoms with van der Waals surface area (Å²) in [4.78, 5) is 14.9. The maximum atomic E-state index is 12.7. The molecule has 0 amide bonds. The van der Waals surface area contributed by atoms with E-state index < -0.39 is 18.0 Å². The van der Waals surface area contributed by atoms with E-state index in [2.05, 4.69) is 20.9 Å². The van der Waals surface area contributed by atoms with Crippen LogP contribution >= 0.6 is 27.5 Å². The number of hydrogen-bond donors (Lipinski definition) is 0. The molecule has 0 saturated carbocycles. The second-order valence-electron chi connectivity index (χ2n) is 3.08. The van der Waals surface area contributed by atoms with Crippen LogP contribution in [0.2, 0.25) is 5.15 Å². The second kappa shape index (κ2) is 6.26. The van der Waals surface area contributed by atoms with Gasteiger partial charge in [-0.05, 0) is 28.4 Å². The first kappa shape index (κ1) is 14.3. The van der Waals surface area contributed by atoms with E-state index in [-0.39, 0.29) is 22.7 Å². The van der Waals surface area contributed by atoms with Gasteiger partial charge in [0.1, 0.15) is 5.15 Å². The van der Waals surface area contributed by atoms with Gasteiger partial charge in [0.15, 0.2) is 0 Å². The molecule has 0 unspecified atom stereocenters. The van der Waals surface area contributed by atoms with Crippen molar-refractivity contribution in [2.75, 3.05) is 6.61 Å². The minimum Gasteiger partial charge on any atom is -0.466 e. The van der Waals surface area contributed by atoms with Gasteiger partial charge in [-0.15, -0.1) is 0 Å². The van der Waals surface area contributed by atoms with Crippen molar-refractivity contribution in [1.29, 1.82) is 0 Å². The molecule has 1 aromatic heterocycles. The van der Waals surface area contributed by atoms with Gasteiger partial charge in [0.05, 0.1) is 18.6 Å². The summed E-state index contributed by atoms with van der Waals surface area (Å²) in [6.07, 6.45) is -1.61. The summed E-state index contributed by atoms with van der Waals surface area (Å²) in [6.45, 7) is 1.90. The zero-order valence-corrected chi connectivity index (χ0v) is 11.2. The van der Waals surface area contributed by atoms with Crippen LogP contribution in [0, 0.1) is 0 Å². The first-order valence-electron chi connectivity index (χ1n) is 4.73. The minimum atomic E-state index is -2.76. The van der Waals surface area contributed by atoms with Crippen LogP contribution in [-0.4, -0.2) is 17.6 Å². The first-order chi connectivity index (χ1) is 7.97. The fourth-order valence-electron chi connectivity index (χ4n) is 1.20. The van der Waals surface area contributed by atoms with Crippen LogP contribution in [0.3, 0.4) is 0 Å². The number of carbonyl (C=O) groups is 1. The fraction of sp³-hybridized carbons (Fsp3) is 0.400. The Kier molecular flexibility index (Phi) is 5.27. The Labute approximate surface area is 110 Å². The summed E-state index contributed by atoms with van der Waals surface area (Å²) in [5.41, 5.74) is -0.0865. The molecular weight excluding hydrogens is 319 g/mol. The Morgan fingerprint density at radius 2 is 2.29 bits per heavy atom. The van der Waals surface area contributed by atoms with Gasteiger partial charge in [-0.25, -0.2) is 13.8 Å². The number of nitrogens with zero attached hydrogens (tertiary/aromatic N) is 1. The van der Waals surface area contributed by atoms with Crippen molar-refractivity contribution in [2.45, 2.75) is 19.8 Å².